The Morgan fingerprint density at radius 2 is 2.00 bits per heavy atom. The molecule has 0 aromatic heterocycles. The molecule has 2 unspecified atom stereocenters. The van der Waals surface area contributed by atoms with Crippen molar-refractivity contribution in [2.24, 2.45) is 10.1 Å². The molecular weight excluding hydrogens is 436 g/mol. The van der Waals surface area contributed by atoms with Gasteiger partial charge in [0, 0.05) is 11.5 Å². The van der Waals surface area contributed by atoms with Gasteiger partial charge in [-0.1, -0.05) is 60.6 Å². The third kappa shape index (κ3) is 5.05. The minimum Gasteiger partial charge on any atom is -0.348 e. The summed E-state index contributed by atoms with van der Waals surface area (Å²) in [5.74, 6) is -0.0768. The van der Waals surface area contributed by atoms with Crippen molar-refractivity contribution in [3.8, 4) is 0 Å². The van der Waals surface area contributed by atoms with Crippen LogP contribution in [0.3, 0.4) is 0 Å². The van der Waals surface area contributed by atoms with Crippen LogP contribution >= 0.6 is 11.8 Å². The van der Waals surface area contributed by atoms with Gasteiger partial charge in [-0.05, 0) is 42.0 Å². The summed E-state index contributed by atoms with van der Waals surface area (Å²) in [4.78, 5) is 35.3. The number of aliphatic imine (C=N–C) groups is 1. The average Bonchev–Trinajstić information content (AvgIpc) is 3.47. The van der Waals surface area contributed by atoms with Gasteiger partial charge in [0.15, 0.2) is 0 Å². The predicted octanol–water partition coefficient (Wildman–Crippen LogP) is 5.07. The maximum absolute atomic E-state index is 13.1. The molecule has 3 atom stereocenters. The summed E-state index contributed by atoms with van der Waals surface area (Å²) in [7, 11) is 0. The largest absolute Gasteiger partial charge is 0.348 e. The van der Waals surface area contributed by atoms with E-state index in [0.717, 1.165) is 29.7 Å². The lowest BCUT2D eigenvalue weighted by Gasteiger charge is -2.26. The third-order valence-corrected chi connectivity index (χ3v) is 7.01. The summed E-state index contributed by atoms with van der Waals surface area (Å²) in [6.45, 7) is 2.60. The zero-order valence-corrected chi connectivity index (χ0v) is 19.2. The maximum Gasteiger partial charge on any atom is 0.243 e. The number of hydrogen-bond donors (Lipinski definition) is 1. The minimum atomic E-state index is -0.516. The van der Waals surface area contributed by atoms with Crippen LogP contribution in [0.4, 0.5) is 5.69 Å². The molecule has 170 valence electrons. The third-order valence-electron chi connectivity index (χ3n) is 6.01. The smallest absolute Gasteiger partial charge is 0.243 e. The molecule has 0 radical (unpaired) electrons. The number of amides is 2. The summed E-state index contributed by atoms with van der Waals surface area (Å²) < 4.78 is 0. The average molecular weight is 463 g/mol. The Bertz CT molecular complexity index is 1100. The minimum absolute atomic E-state index is 0.0819. The number of likely N-dealkylation sites (tertiary alicyclic amines) is 1. The topological polar surface area (TPSA) is 111 Å². The van der Waals surface area contributed by atoms with E-state index in [1.54, 1.807) is 4.90 Å². The van der Waals surface area contributed by atoms with Crippen molar-refractivity contribution in [1.82, 2.24) is 10.2 Å². The standard InChI is InChI=1S/C24H26N6O2S/c1-2-18(16-9-4-3-5-10-16)26-23(32)20-13-8-14-30(20)21(31)15-33-24-22(28-29-25)17-11-6-7-12-19(17)27-24/h3-7,9-12,18,20,22H,2,8,13-15H2,1H3,(H,26,32)/t18?,20-,22?/m0/s1. The van der Waals surface area contributed by atoms with Crippen molar-refractivity contribution in [3.63, 3.8) is 0 Å². The van der Waals surface area contributed by atoms with E-state index in [2.05, 4.69) is 20.3 Å². The van der Waals surface area contributed by atoms with E-state index in [-0.39, 0.29) is 23.6 Å². The number of benzene rings is 2. The van der Waals surface area contributed by atoms with Gasteiger partial charge in [-0.2, -0.15) is 0 Å². The number of carbonyl (C=O) groups excluding carboxylic acids is 2. The van der Waals surface area contributed by atoms with Gasteiger partial charge in [0.25, 0.3) is 0 Å². The first-order valence-corrected chi connectivity index (χ1v) is 12.1. The summed E-state index contributed by atoms with van der Waals surface area (Å²) in [5, 5.41) is 7.61. The van der Waals surface area contributed by atoms with Crippen molar-refractivity contribution in [3.05, 3.63) is 76.2 Å². The Hall–Kier alpha value is -3.29. The molecule has 2 aliphatic rings. The van der Waals surface area contributed by atoms with Crippen LogP contribution in [0.5, 0.6) is 0 Å². The molecule has 1 saturated heterocycles. The molecule has 2 aromatic rings. The molecule has 0 spiro atoms. The maximum atomic E-state index is 13.1. The fraction of sp³-hybridized carbons (Fsp3) is 0.375. The lowest BCUT2D eigenvalue weighted by atomic mass is 10.0. The van der Waals surface area contributed by atoms with Crippen LogP contribution < -0.4 is 5.32 Å². The molecule has 0 bridgehead atoms. The Kier molecular flexibility index (Phi) is 7.32. The molecular formula is C24H26N6O2S. The molecule has 33 heavy (non-hydrogen) atoms. The predicted molar refractivity (Wildman–Crippen MR) is 130 cm³/mol. The van der Waals surface area contributed by atoms with Gasteiger partial charge in [0.2, 0.25) is 11.8 Å². The number of carbonyl (C=O) groups is 2. The Morgan fingerprint density at radius 3 is 2.76 bits per heavy atom. The quantitative estimate of drug-likeness (QED) is 0.352. The highest BCUT2D eigenvalue weighted by atomic mass is 32.2. The van der Waals surface area contributed by atoms with Gasteiger partial charge in [-0.25, -0.2) is 4.99 Å². The van der Waals surface area contributed by atoms with Gasteiger partial charge in [-0.15, -0.1) is 11.8 Å². The van der Waals surface area contributed by atoms with Gasteiger partial charge < -0.3 is 10.2 Å². The summed E-state index contributed by atoms with van der Waals surface area (Å²) in [6, 6.07) is 16.3. The lowest BCUT2D eigenvalue weighted by Crippen LogP contribution is -2.47. The second-order valence-electron chi connectivity index (χ2n) is 8.03. The Morgan fingerprint density at radius 1 is 1.24 bits per heavy atom. The Balaban J connectivity index is 1.39. The molecule has 9 heteroatoms. The van der Waals surface area contributed by atoms with E-state index in [4.69, 9.17) is 5.53 Å². The van der Waals surface area contributed by atoms with Crippen LogP contribution in [-0.4, -0.2) is 40.1 Å². The van der Waals surface area contributed by atoms with E-state index in [1.165, 1.54) is 11.8 Å². The first kappa shape index (κ1) is 22.9. The molecule has 1 fully saturated rings. The number of thioether (sulfide) groups is 1. The first-order valence-electron chi connectivity index (χ1n) is 11.1. The van der Waals surface area contributed by atoms with E-state index in [9.17, 15) is 9.59 Å². The second kappa shape index (κ2) is 10.6. The number of nitrogens with zero attached hydrogens (tertiary/aromatic N) is 5. The number of hydrogen-bond acceptors (Lipinski definition) is 5. The Labute approximate surface area is 197 Å². The van der Waals surface area contributed by atoms with Crippen molar-refractivity contribution in [1.29, 1.82) is 0 Å². The van der Waals surface area contributed by atoms with Crippen LogP contribution in [-0.2, 0) is 9.59 Å². The van der Waals surface area contributed by atoms with Crippen LogP contribution in [0.15, 0.2) is 64.7 Å². The van der Waals surface area contributed by atoms with E-state index in [1.807, 2.05) is 61.5 Å². The zero-order valence-electron chi connectivity index (χ0n) is 18.4. The highest BCUT2D eigenvalue weighted by Gasteiger charge is 2.35. The fourth-order valence-electron chi connectivity index (χ4n) is 4.34. The zero-order chi connectivity index (χ0) is 23.2. The molecule has 1 N–H and O–H groups in total. The fourth-order valence-corrected chi connectivity index (χ4v) is 5.27. The number of para-hydroxylation sites is 1. The number of fused-ring (bicyclic) bond motifs is 1. The van der Waals surface area contributed by atoms with Gasteiger partial charge >= 0.3 is 0 Å². The highest BCUT2D eigenvalue weighted by Crippen LogP contribution is 2.40. The molecule has 4 rings (SSSR count). The van der Waals surface area contributed by atoms with E-state index < -0.39 is 12.1 Å². The van der Waals surface area contributed by atoms with Crippen LogP contribution in [0, 0.1) is 0 Å². The van der Waals surface area contributed by atoms with Crippen molar-refractivity contribution in [2.45, 2.75) is 44.3 Å². The normalized spacial score (nSPS) is 19.9. The van der Waals surface area contributed by atoms with Crippen molar-refractivity contribution < 1.29 is 9.59 Å². The highest BCUT2D eigenvalue weighted by molar-refractivity contribution is 8.14. The number of azide groups is 1. The second-order valence-corrected chi connectivity index (χ2v) is 9.03. The van der Waals surface area contributed by atoms with E-state index in [0.29, 0.717) is 18.0 Å². The summed E-state index contributed by atoms with van der Waals surface area (Å²) in [5.41, 5.74) is 11.6. The van der Waals surface area contributed by atoms with Crippen molar-refractivity contribution >= 4 is 34.3 Å². The molecule has 2 heterocycles. The summed E-state index contributed by atoms with van der Waals surface area (Å²) >= 11 is 1.27. The van der Waals surface area contributed by atoms with Gasteiger partial charge in [-0.3, -0.25) is 9.59 Å². The van der Waals surface area contributed by atoms with Crippen LogP contribution in [0.2, 0.25) is 0 Å². The molecule has 0 aliphatic carbocycles. The van der Waals surface area contributed by atoms with Crippen LogP contribution in [0.1, 0.15) is 49.4 Å². The number of rotatable bonds is 7. The van der Waals surface area contributed by atoms with Gasteiger partial charge in [0.1, 0.15) is 12.1 Å². The molecule has 0 saturated carbocycles. The lowest BCUT2D eigenvalue weighted by molar-refractivity contribution is -0.136. The number of nitrogens with one attached hydrogen (secondary N) is 1. The van der Waals surface area contributed by atoms with Crippen molar-refractivity contribution in [2.75, 3.05) is 12.3 Å². The molecule has 2 amide bonds. The van der Waals surface area contributed by atoms with E-state index >= 15 is 0 Å². The summed E-state index contributed by atoms with van der Waals surface area (Å²) in [6.07, 6.45) is 2.22. The van der Waals surface area contributed by atoms with Crippen LogP contribution in [0.25, 0.3) is 10.4 Å². The monoisotopic (exact) mass is 462 g/mol. The molecule has 8 nitrogen and oxygen atoms in total. The van der Waals surface area contributed by atoms with Gasteiger partial charge in [0.05, 0.1) is 22.5 Å². The first-order chi connectivity index (χ1) is 16.1. The SMILES string of the molecule is CCC(NC(=O)[C@@H]1CCCN1C(=O)CSC1=Nc2ccccc2C1N=[N+]=[N-])c1ccccc1. The molecule has 2 aliphatic heterocycles. The molecule has 2 aromatic carbocycles.